The van der Waals surface area contributed by atoms with Gasteiger partial charge in [-0.1, -0.05) is 72.8 Å². The fourth-order valence-corrected chi connectivity index (χ4v) is 6.26. The summed E-state index contributed by atoms with van der Waals surface area (Å²) in [5.74, 6) is -2.49. The average Bonchev–Trinajstić information content (AvgIpc) is 3.36. The van der Waals surface area contributed by atoms with Crippen LogP contribution in [0.2, 0.25) is 0 Å². The van der Waals surface area contributed by atoms with Crippen molar-refractivity contribution >= 4 is 34.6 Å². The van der Waals surface area contributed by atoms with Crippen LogP contribution in [0.15, 0.2) is 72.8 Å². The lowest BCUT2D eigenvalue weighted by molar-refractivity contribution is -0.904. The highest BCUT2D eigenvalue weighted by molar-refractivity contribution is 6.01. The average molecular weight is 576 g/mol. The third-order valence-corrected chi connectivity index (χ3v) is 8.41. The van der Waals surface area contributed by atoms with Crippen molar-refractivity contribution in [1.82, 2.24) is 4.90 Å². The molecule has 1 heterocycles. The zero-order valence-corrected chi connectivity index (χ0v) is 23.8. The maximum atomic E-state index is 14.3. The molecule has 1 fully saturated rings. The van der Waals surface area contributed by atoms with Gasteiger partial charge < -0.3 is 21.7 Å². The van der Waals surface area contributed by atoms with E-state index in [1.807, 2.05) is 60.7 Å². The maximum absolute atomic E-state index is 14.3. The number of likely N-dealkylation sites (tertiary alicyclic amines) is 1. The molecule has 3 aromatic rings. The maximum Gasteiger partial charge on any atom is 0.515 e. The van der Waals surface area contributed by atoms with E-state index in [0.717, 1.165) is 21.2 Å². The number of amides is 4. The van der Waals surface area contributed by atoms with Crippen molar-refractivity contribution < 1.29 is 33.9 Å². The first kappa shape index (κ1) is 30.8. The summed E-state index contributed by atoms with van der Waals surface area (Å²) < 4.78 is -0.702. The molecule has 4 amide bonds. The Kier molecular flexibility index (Phi) is 9.72. The van der Waals surface area contributed by atoms with Crippen molar-refractivity contribution in [1.29, 1.82) is 0 Å². The number of hydrogen-bond donors (Lipinski definition) is 4. The Morgan fingerprint density at radius 3 is 2.31 bits per heavy atom. The molecule has 3 unspecified atom stereocenters. The van der Waals surface area contributed by atoms with Crippen LogP contribution < -0.4 is 11.5 Å². The van der Waals surface area contributed by atoms with E-state index in [9.17, 15) is 29.4 Å². The van der Waals surface area contributed by atoms with Crippen LogP contribution in [0.4, 0.5) is 4.79 Å². The first-order chi connectivity index (χ1) is 20.1. The van der Waals surface area contributed by atoms with Gasteiger partial charge in [0, 0.05) is 12.8 Å². The second kappa shape index (κ2) is 13.2. The minimum absolute atomic E-state index is 0.0884. The summed E-state index contributed by atoms with van der Waals surface area (Å²) in [6.45, 7) is 1.86. The van der Waals surface area contributed by atoms with Crippen LogP contribution in [-0.4, -0.2) is 74.3 Å². The molecule has 0 radical (unpaired) electrons. The van der Waals surface area contributed by atoms with E-state index in [-0.39, 0.29) is 19.4 Å². The summed E-state index contributed by atoms with van der Waals surface area (Å²) in [5, 5.41) is 24.1. The molecule has 0 bridgehead atoms. The minimum atomic E-state index is -1.49. The molecule has 0 aromatic heterocycles. The number of carboxylic acid groups (broad SMARTS) is 1. The number of carbonyl (C=O) groups excluding carboxylic acids is 3. The van der Waals surface area contributed by atoms with Crippen LogP contribution in [0.3, 0.4) is 0 Å². The number of aryl methyl sites for hydroxylation is 1. The van der Waals surface area contributed by atoms with Gasteiger partial charge in [-0.25, -0.2) is 4.90 Å². The van der Waals surface area contributed by atoms with Gasteiger partial charge in [-0.05, 0) is 41.7 Å². The highest BCUT2D eigenvalue weighted by Gasteiger charge is 2.59. The fraction of sp³-hybridized carbons (Fsp3) is 0.375. The molecule has 1 aliphatic rings. The highest BCUT2D eigenvalue weighted by Crippen LogP contribution is 2.36. The Hall–Kier alpha value is -4.12. The smallest absolute Gasteiger partial charge is 0.435 e. The number of aliphatic hydroxyl groups excluding tert-OH is 1. The first-order valence-corrected chi connectivity index (χ1v) is 14.3. The molecular formula is C32H39N4O6+. The van der Waals surface area contributed by atoms with Crippen LogP contribution in [-0.2, 0) is 27.2 Å². The molecule has 0 aliphatic carbocycles. The lowest BCUT2D eigenvalue weighted by Crippen LogP contribution is -2.73. The Bertz CT molecular complexity index is 1440. The van der Waals surface area contributed by atoms with E-state index in [1.54, 1.807) is 19.1 Å². The number of nitrogens with zero attached hydrogens (tertiary/aromatic N) is 2. The molecule has 0 saturated carbocycles. The second-order valence-electron chi connectivity index (χ2n) is 11.1. The number of aliphatic hydroxyl groups is 1. The Labute approximate surface area is 245 Å². The number of fused-ring (bicyclic) bond motifs is 1. The number of nitrogens with two attached hydrogens (primary N) is 2. The fourth-order valence-electron chi connectivity index (χ4n) is 6.26. The van der Waals surface area contributed by atoms with Gasteiger partial charge in [0.15, 0.2) is 0 Å². The topological polar surface area (TPSA) is 164 Å². The molecule has 10 nitrogen and oxygen atoms in total. The third kappa shape index (κ3) is 6.35. The lowest BCUT2D eigenvalue weighted by Gasteiger charge is -2.46. The molecule has 4 rings (SSSR count). The van der Waals surface area contributed by atoms with Crippen molar-refractivity contribution in [2.75, 3.05) is 6.54 Å². The molecule has 1 saturated heterocycles. The summed E-state index contributed by atoms with van der Waals surface area (Å²) >= 11 is 0. The quantitative estimate of drug-likeness (QED) is 0.255. The molecule has 6 N–H and O–H groups in total. The van der Waals surface area contributed by atoms with Crippen LogP contribution in [0.1, 0.15) is 43.7 Å². The number of imide groups is 1. The van der Waals surface area contributed by atoms with Crippen LogP contribution in [0.5, 0.6) is 0 Å². The Balaban J connectivity index is 1.81. The standard InChI is InChI=1S/C32H38N4O6/c1-21-9-8-18-36(21,32(41)42)30(27(37)17-16-22-10-3-2-4-11-22)35(31(40)26(33)20-28(34)38)29(39)19-24-14-7-13-23-12-5-6-15-25(23)24/h2-7,10-15,21,26-27,30,37H,8-9,16-20,33H2,1H3,(H2-,34,38,41,42)/p+1/t21?,26-,27+,30?,36?/m0/s1. The van der Waals surface area contributed by atoms with Gasteiger partial charge in [0.1, 0.15) is 6.10 Å². The van der Waals surface area contributed by atoms with Gasteiger partial charge in [-0.2, -0.15) is 9.28 Å². The summed E-state index contributed by atoms with van der Waals surface area (Å²) in [6.07, 6.45) is -3.37. The molecule has 222 valence electrons. The van der Waals surface area contributed by atoms with E-state index in [4.69, 9.17) is 11.5 Å². The molecule has 0 spiro atoms. The van der Waals surface area contributed by atoms with Gasteiger partial charge >= 0.3 is 6.09 Å². The summed E-state index contributed by atoms with van der Waals surface area (Å²) in [4.78, 5) is 53.9. The van der Waals surface area contributed by atoms with Crippen molar-refractivity contribution in [3.8, 4) is 0 Å². The molecule has 3 aromatic carbocycles. The van der Waals surface area contributed by atoms with Gasteiger partial charge in [0.2, 0.25) is 18.0 Å². The van der Waals surface area contributed by atoms with Crippen LogP contribution in [0, 0.1) is 0 Å². The second-order valence-corrected chi connectivity index (χ2v) is 11.1. The Morgan fingerprint density at radius 2 is 1.67 bits per heavy atom. The number of carbonyl (C=O) groups is 4. The van der Waals surface area contributed by atoms with Gasteiger partial charge in [0.05, 0.1) is 31.5 Å². The van der Waals surface area contributed by atoms with Crippen molar-refractivity contribution in [2.24, 2.45) is 11.5 Å². The molecule has 1 aliphatic heterocycles. The van der Waals surface area contributed by atoms with Gasteiger partial charge in [-0.3, -0.25) is 14.4 Å². The first-order valence-electron chi connectivity index (χ1n) is 14.3. The van der Waals surface area contributed by atoms with Crippen LogP contribution in [0.25, 0.3) is 10.8 Å². The predicted octanol–water partition coefficient (Wildman–Crippen LogP) is 2.94. The monoisotopic (exact) mass is 575 g/mol. The summed E-state index contributed by atoms with van der Waals surface area (Å²) in [7, 11) is 0. The molecule has 5 atom stereocenters. The molecule has 42 heavy (non-hydrogen) atoms. The normalized spacial score (nSPS) is 20.5. The highest BCUT2D eigenvalue weighted by atomic mass is 16.4. The minimum Gasteiger partial charge on any atom is -0.435 e. The summed E-state index contributed by atoms with van der Waals surface area (Å²) in [5.41, 5.74) is 13.0. The largest absolute Gasteiger partial charge is 0.515 e. The predicted molar refractivity (Wildman–Crippen MR) is 158 cm³/mol. The van der Waals surface area contributed by atoms with Crippen LogP contribution >= 0.6 is 0 Å². The number of quaternary nitrogens is 1. The zero-order valence-electron chi connectivity index (χ0n) is 23.8. The van der Waals surface area contributed by atoms with E-state index >= 15 is 0 Å². The third-order valence-electron chi connectivity index (χ3n) is 8.41. The van der Waals surface area contributed by atoms with Gasteiger partial charge in [0.25, 0.3) is 5.91 Å². The van der Waals surface area contributed by atoms with Crippen molar-refractivity contribution in [3.63, 3.8) is 0 Å². The SMILES string of the molecule is CC1CCC[N+]1(C(=O)O)C([C@H](O)CCc1ccccc1)N(C(=O)Cc1cccc2ccccc12)C(=O)[C@@H](N)CC(N)=O. The molecular weight excluding hydrogens is 536 g/mol. The van der Waals surface area contributed by atoms with Crippen molar-refractivity contribution in [2.45, 2.75) is 69.8 Å². The van der Waals surface area contributed by atoms with E-state index in [2.05, 4.69) is 0 Å². The van der Waals surface area contributed by atoms with E-state index in [1.165, 1.54) is 0 Å². The number of rotatable bonds is 11. The van der Waals surface area contributed by atoms with Gasteiger partial charge in [-0.15, -0.1) is 0 Å². The number of hydrogen-bond acceptors (Lipinski definition) is 6. The van der Waals surface area contributed by atoms with E-state index < -0.39 is 59.1 Å². The summed E-state index contributed by atoms with van der Waals surface area (Å²) in [6, 6.07) is 20.3. The zero-order chi connectivity index (χ0) is 30.4. The van der Waals surface area contributed by atoms with Crippen molar-refractivity contribution in [3.05, 3.63) is 83.9 Å². The molecule has 10 heteroatoms. The number of benzene rings is 3. The number of primary amides is 1. The lowest BCUT2D eigenvalue weighted by atomic mass is 9.98. The Morgan fingerprint density at radius 1 is 1.00 bits per heavy atom. The van der Waals surface area contributed by atoms with E-state index in [0.29, 0.717) is 24.8 Å².